The summed E-state index contributed by atoms with van der Waals surface area (Å²) in [4.78, 5) is 0. The van der Waals surface area contributed by atoms with Gasteiger partial charge in [-0.3, -0.25) is 0 Å². The molecule has 56 valence electrons. The molecule has 1 aliphatic heterocycles. The van der Waals surface area contributed by atoms with Crippen molar-refractivity contribution in [2.24, 2.45) is 11.1 Å². The topological polar surface area (TPSA) is 41.8 Å². The van der Waals surface area contributed by atoms with Gasteiger partial charge in [-0.05, 0) is 6.42 Å². The van der Waals surface area contributed by atoms with E-state index in [1.54, 1.807) is 0 Å². The maximum absolute atomic E-state index is 8.44. The van der Waals surface area contributed by atoms with Crippen LogP contribution in [-0.2, 0) is 4.74 Å². The molecule has 0 spiro atoms. The fourth-order valence-electron chi connectivity index (χ4n) is 1.04. The summed E-state index contributed by atoms with van der Waals surface area (Å²) in [5, 5.41) is 11.6. The van der Waals surface area contributed by atoms with Gasteiger partial charge in [0.2, 0.25) is 0 Å². The van der Waals surface area contributed by atoms with Crippen LogP contribution in [0.3, 0.4) is 0 Å². The van der Waals surface area contributed by atoms with Crippen LogP contribution in [0, 0.1) is 5.92 Å². The van der Waals surface area contributed by atoms with Crippen LogP contribution in [0.4, 0.5) is 0 Å². The summed E-state index contributed by atoms with van der Waals surface area (Å²) in [6.45, 7) is 4.73. The third-order valence-electron chi connectivity index (χ3n) is 1.62. The molecule has 3 heteroatoms. The molecule has 3 nitrogen and oxygen atoms in total. The minimum atomic E-state index is 0.252. The van der Waals surface area contributed by atoms with E-state index >= 15 is 0 Å². The van der Waals surface area contributed by atoms with Crippen LogP contribution < -0.4 is 0 Å². The molecule has 1 atom stereocenters. The molecule has 1 fully saturated rings. The van der Waals surface area contributed by atoms with Crippen LogP contribution in [0.5, 0.6) is 0 Å². The van der Waals surface area contributed by atoms with Gasteiger partial charge >= 0.3 is 0 Å². The molecule has 0 aliphatic carbocycles. The Hall–Kier alpha value is -0.830. The summed E-state index contributed by atoms with van der Waals surface area (Å²) in [5.74, 6) is 0.252. The number of nitrogens with zero attached hydrogens (tertiary/aromatic N) is 1. The molecule has 1 unspecified atom stereocenters. The van der Waals surface area contributed by atoms with E-state index in [4.69, 9.17) is 9.94 Å². The largest absolute Gasteiger partial charge is 0.411 e. The highest BCUT2D eigenvalue weighted by atomic mass is 16.5. The van der Waals surface area contributed by atoms with E-state index in [1.165, 1.54) is 0 Å². The van der Waals surface area contributed by atoms with Crippen LogP contribution in [0.2, 0.25) is 0 Å². The van der Waals surface area contributed by atoms with E-state index in [-0.39, 0.29) is 5.92 Å². The quantitative estimate of drug-likeness (QED) is 0.354. The summed E-state index contributed by atoms with van der Waals surface area (Å²) in [6, 6.07) is 0. The lowest BCUT2D eigenvalue weighted by Crippen LogP contribution is -2.10. The lowest BCUT2D eigenvalue weighted by molar-refractivity contribution is 0.190. The van der Waals surface area contributed by atoms with Gasteiger partial charge in [0.1, 0.15) is 0 Å². The third kappa shape index (κ3) is 1.36. The molecule has 0 radical (unpaired) electrons. The lowest BCUT2D eigenvalue weighted by atomic mass is 10.0. The van der Waals surface area contributed by atoms with Crippen LogP contribution in [0.15, 0.2) is 17.8 Å². The monoisotopic (exact) mass is 141 g/mol. The number of allylic oxidation sites excluding steroid dienone is 1. The Labute approximate surface area is 60.0 Å². The van der Waals surface area contributed by atoms with Crippen molar-refractivity contribution in [1.82, 2.24) is 0 Å². The Morgan fingerprint density at radius 2 is 2.70 bits per heavy atom. The summed E-state index contributed by atoms with van der Waals surface area (Å²) < 4.78 is 5.07. The highest BCUT2D eigenvalue weighted by Gasteiger charge is 2.22. The molecule has 1 N–H and O–H groups in total. The molecule has 0 amide bonds. The predicted molar refractivity (Wildman–Crippen MR) is 38.3 cm³/mol. The molecular formula is C7H11NO2. The van der Waals surface area contributed by atoms with E-state index < -0.39 is 0 Å². The third-order valence-corrected chi connectivity index (χ3v) is 1.62. The van der Waals surface area contributed by atoms with Crippen molar-refractivity contribution in [3.8, 4) is 0 Å². The fourth-order valence-corrected chi connectivity index (χ4v) is 1.04. The molecule has 0 saturated carbocycles. The lowest BCUT2D eigenvalue weighted by Gasteiger charge is -2.01. The molecule has 1 saturated heterocycles. The highest BCUT2D eigenvalue weighted by molar-refractivity contribution is 5.89. The maximum atomic E-state index is 8.44. The number of rotatable bonds is 2. The van der Waals surface area contributed by atoms with Crippen molar-refractivity contribution in [2.75, 3.05) is 13.2 Å². The maximum Gasteiger partial charge on any atom is 0.0886 e. The van der Waals surface area contributed by atoms with Gasteiger partial charge in [-0.1, -0.05) is 11.2 Å². The van der Waals surface area contributed by atoms with Crippen molar-refractivity contribution >= 4 is 5.71 Å². The van der Waals surface area contributed by atoms with Crippen LogP contribution in [-0.4, -0.2) is 24.1 Å². The molecule has 0 aromatic carbocycles. The summed E-state index contributed by atoms with van der Waals surface area (Å²) in [7, 11) is 0. The van der Waals surface area contributed by atoms with Gasteiger partial charge in [0.25, 0.3) is 0 Å². The first-order valence-corrected chi connectivity index (χ1v) is 3.28. The van der Waals surface area contributed by atoms with E-state index in [0.29, 0.717) is 13.2 Å². The minimum absolute atomic E-state index is 0.252. The Morgan fingerprint density at radius 3 is 3.30 bits per heavy atom. The zero-order chi connectivity index (χ0) is 7.40. The van der Waals surface area contributed by atoms with Crippen molar-refractivity contribution < 1.29 is 9.94 Å². The Balaban J connectivity index is 2.50. The fraction of sp³-hybridized carbons (Fsp3) is 0.571. The van der Waals surface area contributed by atoms with E-state index in [0.717, 1.165) is 12.1 Å². The number of hydrogen-bond acceptors (Lipinski definition) is 3. The first-order valence-electron chi connectivity index (χ1n) is 3.28. The number of oxime groups is 1. The molecule has 1 heterocycles. The van der Waals surface area contributed by atoms with E-state index in [2.05, 4.69) is 11.7 Å². The molecule has 0 aromatic rings. The summed E-state index contributed by atoms with van der Waals surface area (Å²) in [6.07, 6.45) is 2.64. The van der Waals surface area contributed by atoms with E-state index in [9.17, 15) is 0 Å². The second-order valence-electron chi connectivity index (χ2n) is 2.33. The smallest absolute Gasteiger partial charge is 0.0886 e. The van der Waals surface area contributed by atoms with Crippen molar-refractivity contribution in [3.63, 3.8) is 0 Å². The van der Waals surface area contributed by atoms with Crippen LogP contribution >= 0.6 is 0 Å². The van der Waals surface area contributed by atoms with Gasteiger partial charge in [0, 0.05) is 5.92 Å². The molecular weight excluding hydrogens is 130 g/mol. The molecule has 10 heavy (non-hydrogen) atoms. The second-order valence-corrected chi connectivity index (χ2v) is 2.33. The first kappa shape index (κ1) is 7.28. The van der Waals surface area contributed by atoms with Gasteiger partial charge < -0.3 is 9.94 Å². The Morgan fingerprint density at radius 1 is 1.90 bits per heavy atom. The van der Waals surface area contributed by atoms with Crippen molar-refractivity contribution in [3.05, 3.63) is 12.7 Å². The highest BCUT2D eigenvalue weighted by Crippen LogP contribution is 2.13. The van der Waals surface area contributed by atoms with E-state index in [1.807, 2.05) is 6.08 Å². The molecule has 0 aromatic heterocycles. The zero-order valence-electron chi connectivity index (χ0n) is 5.79. The first-order chi connectivity index (χ1) is 4.88. The summed E-state index contributed by atoms with van der Waals surface area (Å²) >= 11 is 0. The standard InChI is InChI=1S/C7H11NO2/c1-2-3-6-4-10-5-7(6)8-9/h2,6,9H,1,3-5H2/b8-7-. The van der Waals surface area contributed by atoms with Crippen molar-refractivity contribution in [2.45, 2.75) is 6.42 Å². The Kier molecular flexibility index (Phi) is 2.45. The van der Waals surface area contributed by atoms with Gasteiger partial charge in [-0.25, -0.2) is 0 Å². The van der Waals surface area contributed by atoms with Gasteiger partial charge in [0.05, 0.1) is 18.9 Å². The zero-order valence-corrected chi connectivity index (χ0v) is 5.79. The molecule has 1 rings (SSSR count). The van der Waals surface area contributed by atoms with Crippen molar-refractivity contribution in [1.29, 1.82) is 0 Å². The van der Waals surface area contributed by atoms with Crippen LogP contribution in [0.1, 0.15) is 6.42 Å². The molecule has 0 bridgehead atoms. The van der Waals surface area contributed by atoms with Gasteiger partial charge in [0.15, 0.2) is 0 Å². The van der Waals surface area contributed by atoms with Gasteiger partial charge in [-0.15, -0.1) is 6.58 Å². The summed E-state index contributed by atoms with van der Waals surface area (Å²) in [5.41, 5.74) is 0.736. The SMILES string of the molecule is C=CCC1COC/C1=N/O. The van der Waals surface area contributed by atoms with Crippen LogP contribution in [0.25, 0.3) is 0 Å². The molecule has 1 aliphatic rings. The normalized spacial score (nSPS) is 29.2. The number of ether oxygens (including phenoxy) is 1. The number of hydrogen-bond donors (Lipinski definition) is 1. The average Bonchev–Trinajstić information content (AvgIpc) is 2.36. The Bertz CT molecular complexity index is 154. The second kappa shape index (κ2) is 3.37. The predicted octanol–water partition coefficient (Wildman–Crippen LogP) is 1.04. The minimum Gasteiger partial charge on any atom is -0.411 e. The average molecular weight is 141 g/mol. The van der Waals surface area contributed by atoms with Gasteiger partial charge in [-0.2, -0.15) is 0 Å².